The summed E-state index contributed by atoms with van der Waals surface area (Å²) in [6.07, 6.45) is 2.94. The van der Waals surface area contributed by atoms with Gasteiger partial charge in [-0.3, -0.25) is 9.00 Å². The maximum atomic E-state index is 11.4. The number of hydrogen-bond donors (Lipinski definition) is 1. The molecule has 0 bridgehead atoms. The first kappa shape index (κ1) is 11.7. The molecule has 3 atom stereocenters. The van der Waals surface area contributed by atoms with Crippen LogP contribution in [0.5, 0.6) is 0 Å². The van der Waals surface area contributed by atoms with E-state index in [1.54, 1.807) is 11.2 Å². The van der Waals surface area contributed by atoms with Crippen molar-refractivity contribution in [2.75, 3.05) is 18.6 Å². The number of carbonyl (C=O) groups excluding carboxylic acids is 1. The molecule has 1 aliphatic rings. The fourth-order valence-electron chi connectivity index (χ4n) is 1.68. The minimum atomic E-state index is -0.775. The fourth-order valence-corrected chi connectivity index (χ4v) is 2.35. The van der Waals surface area contributed by atoms with Crippen molar-refractivity contribution in [2.45, 2.75) is 31.8 Å². The van der Waals surface area contributed by atoms with E-state index in [1.165, 1.54) is 0 Å². The van der Waals surface area contributed by atoms with Gasteiger partial charge in [0.05, 0.1) is 0 Å². The van der Waals surface area contributed by atoms with Crippen molar-refractivity contribution >= 4 is 16.7 Å². The molecule has 1 amide bonds. The quantitative estimate of drug-likeness (QED) is 0.705. The normalized spacial score (nSPS) is 26.6. The number of amides is 1. The molecule has 3 unspecified atom stereocenters. The molecule has 4 nitrogen and oxygen atoms in total. The zero-order valence-electron chi connectivity index (χ0n) is 8.73. The second-order valence-corrected chi connectivity index (χ2v) is 5.48. The molecule has 2 N–H and O–H groups in total. The molecule has 0 saturated carbocycles. The molecule has 14 heavy (non-hydrogen) atoms. The smallest absolute Gasteiger partial charge is 0.224 e. The SMILES string of the molecule is CC(CCS(C)=O)N1CC(N)CC1=O. The summed E-state index contributed by atoms with van der Waals surface area (Å²) < 4.78 is 10.9. The molecular weight excluding hydrogens is 200 g/mol. The number of nitrogens with two attached hydrogens (primary N) is 1. The lowest BCUT2D eigenvalue weighted by molar-refractivity contribution is -0.129. The topological polar surface area (TPSA) is 63.4 Å². The van der Waals surface area contributed by atoms with Gasteiger partial charge < -0.3 is 10.6 Å². The van der Waals surface area contributed by atoms with Crippen LogP contribution in [0.15, 0.2) is 0 Å². The highest BCUT2D eigenvalue weighted by Crippen LogP contribution is 2.14. The molecular formula is C9H18N2O2S. The van der Waals surface area contributed by atoms with E-state index in [0.717, 1.165) is 6.42 Å². The van der Waals surface area contributed by atoms with Gasteiger partial charge in [-0.1, -0.05) is 0 Å². The van der Waals surface area contributed by atoms with Crippen molar-refractivity contribution in [3.8, 4) is 0 Å². The summed E-state index contributed by atoms with van der Waals surface area (Å²) in [5.74, 6) is 0.784. The Morgan fingerprint density at radius 2 is 2.36 bits per heavy atom. The van der Waals surface area contributed by atoms with E-state index in [9.17, 15) is 9.00 Å². The molecule has 1 fully saturated rings. The number of rotatable bonds is 4. The Bertz CT molecular complexity index is 245. The predicted molar refractivity (Wildman–Crippen MR) is 57.3 cm³/mol. The second kappa shape index (κ2) is 4.89. The van der Waals surface area contributed by atoms with Gasteiger partial charge in [-0.15, -0.1) is 0 Å². The Balaban J connectivity index is 2.40. The third-order valence-electron chi connectivity index (χ3n) is 2.54. The van der Waals surface area contributed by atoms with Gasteiger partial charge >= 0.3 is 0 Å². The molecule has 0 aromatic rings. The van der Waals surface area contributed by atoms with Crippen LogP contribution in [-0.4, -0.2) is 45.7 Å². The molecule has 0 aliphatic carbocycles. The van der Waals surface area contributed by atoms with E-state index < -0.39 is 10.8 Å². The van der Waals surface area contributed by atoms with Gasteiger partial charge in [0, 0.05) is 47.9 Å². The zero-order valence-corrected chi connectivity index (χ0v) is 9.55. The number of carbonyl (C=O) groups is 1. The molecule has 1 heterocycles. The van der Waals surface area contributed by atoms with E-state index in [1.807, 2.05) is 6.92 Å². The lowest BCUT2D eigenvalue weighted by Crippen LogP contribution is -2.36. The van der Waals surface area contributed by atoms with Gasteiger partial charge in [-0.2, -0.15) is 0 Å². The van der Waals surface area contributed by atoms with E-state index in [2.05, 4.69) is 0 Å². The van der Waals surface area contributed by atoms with Crippen LogP contribution in [0, 0.1) is 0 Å². The first-order valence-corrected chi connectivity index (χ1v) is 6.58. The van der Waals surface area contributed by atoms with Crippen molar-refractivity contribution in [3.05, 3.63) is 0 Å². The molecule has 0 aromatic carbocycles. The van der Waals surface area contributed by atoms with E-state index >= 15 is 0 Å². The Labute approximate surface area is 87.3 Å². The number of hydrogen-bond acceptors (Lipinski definition) is 3. The highest BCUT2D eigenvalue weighted by molar-refractivity contribution is 7.84. The van der Waals surface area contributed by atoms with Gasteiger partial charge in [-0.25, -0.2) is 0 Å². The molecule has 1 saturated heterocycles. The summed E-state index contributed by atoms with van der Waals surface area (Å²) in [5, 5.41) is 0. The zero-order chi connectivity index (χ0) is 10.7. The van der Waals surface area contributed by atoms with Crippen molar-refractivity contribution in [1.82, 2.24) is 4.90 Å². The second-order valence-electron chi connectivity index (χ2n) is 3.93. The van der Waals surface area contributed by atoms with Crippen molar-refractivity contribution in [2.24, 2.45) is 5.73 Å². The summed E-state index contributed by atoms with van der Waals surface area (Å²) in [5.41, 5.74) is 5.69. The Kier molecular flexibility index (Phi) is 4.07. The number of likely N-dealkylation sites (tertiary alicyclic amines) is 1. The van der Waals surface area contributed by atoms with Crippen molar-refractivity contribution in [3.63, 3.8) is 0 Å². The maximum Gasteiger partial charge on any atom is 0.224 e. The van der Waals surface area contributed by atoms with Crippen LogP contribution in [-0.2, 0) is 15.6 Å². The minimum Gasteiger partial charge on any atom is -0.338 e. The predicted octanol–water partition coefficient (Wildman–Crippen LogP) is -0.297. The molecule has 0 radical (unpaired) electrons. The molecule has 0 aromatic heterocycles. The number of nitrogens with zero attached hydrogens (tertiary/aromatic N) is 1. The minimum absolute atomic E-state index is 0.0166. The van der Waals surface area contributed by atoms with Gasteiger partial charge in [0.2, 0.25) is 5.91 Å². The molecule has 1 aliphatic heterocycles. The lowest BCUT2D eigenvalue weighted by Gasteiger charge is -2.24. The Hall–Kier alpha value is -0.420. The van der Waals surface area contributed by atoms with Gasteiger partial charge in [0.15, 0.2) is 0 Å². The van der Waals surface area contributed by atoms with Crippen LogP contribution in [0.2, 0.25) is 0 Å². The third-order valence-corrected chi connectivity index (χ3v) is 3.35. The lowest BCUT2D eigenvalue weighted by atomic mass is 10.2. The van der Waals surface area contributed by atoms with Crippen LogP contribution in [0.3, 0.4) is 0 Å². The highest BCUT2D eigenvalue weighted by atomic mass is 32.2. The van der Waals surface area contributed by atoms with Crippen LogP contribution >= 0.6 is 0 Å². The maximum absolute atomic E-state index is 11.4. The summed E-state index contributed by atoms with van der Waals surface area (Å²) in [6, 6.07) is 0.150. The fraction of sp³-hybridized carbons (Fsp3) is 0.889. The van der Waals surface area contributed by atoms with Gasteiger partial charge in [-0.05, 0) is 13.3 Å². The standard InChI is InChI=1S/C9H18N2O2S/c1-7(3-4-14(2)13)11-6-8(10)5-9(11)12/h7-8H,3-6,10H2,1-2H3. The van der Waals surface area contributed by atoms with Crippen LogP contribution in [0.25, 0.3) is 0 Å². The van der Waals surface area contributed by atoms with Crippen LogP contribution in [0.1, 0.15) is 19.8 Å². The van der Waals surface area contributed by atoms with Crippen LogP contribution in [0.4, 0.5) is 0 Å². The average Bonchev–Trinajstić information content (AvgIpc) is 2.41. The van der Waals surface area contributed by atoms with Gasteiger partial charge in [0.25, 0.3) is 0 Å². The van der Waals surface area contributed by atoms with Crippen molar-refractivity contribution in [1.29, 1.82) is 0 Å². The molecule has 0 spiro atoms. The Morgan fingerprint density at radius 3 is 2.79 bits per heavy atom. The third kappa shape index (κ3) is 3.06. The highest BCUT2D eigenvalue weighted by Gasteiger charge is 2.30. The monoisotopic (exact) mass is 218 g/mol. The van der Waals surface area contributed by atoms with E-state index in [0.29, 0.717) is 18.7 Å². The first-order chi connectivity index (χ1) is 6.50. The average molecular weight is 218 g/mol. The van der Waals surface area contributed by atoms with E-state index in [-0.39, 0.29) is 18.0 Å². The molecule has 82 valence electrons. The summed E-state index contributed by atoms with van der Waals surface area (Å²) in [6.45, 7) is 2.64. The molecule has 1 rings (SSSR count). The first-order valence-electron chi connectivity index (χ1n) is 4.85. The largest absolute Gasteiger partial charge is 0.338 e. The Morgan fingerprint density at radius 1 is 1.71 bits per heavy atom. The van der Waals surface area contributed by atoms with E-state index in [4.69, 9.17) is 5.73 Å². The van der Waals surface area contributed by atoms with Crippen molar-refractivity contribution < 1.29 is 9.00 Å². The van der Waals surface area contributed by atoms with Crippen LogP contribution < -0.4 is 5.73 Å². The summed E-state index contributed by atoms with van der Waals surface area (Å²) in [7, 11) is -0.775. The van der Waals surface area contributed by atoms with Gasteiger partial charge in [0.1, 0.15) is 0 Å². The molecule has 5 heteroatoms. The summed E-state index contributed by atoms with van der Waals surface area (Å²) >= 11 is 0. The summed E-state index contributed by atoms with van der Waals surface area (Å²) in [4.78, 5) is 13.2.